The number of fused-ring (bicyclic) bond motifs is 1. The van der Waals surface area contributed by atoms with Crippen LogP contribution in [0.1, 0.15) is 25.8 Å². The number of benzene rings is 3. The molecule has 8 heteroatoms. The first kappa shape index (κ1) is 24.4. The zero-order valence-corrected chi connectivity index (χ0v) is 20.4. The van der Waals surface area contributed by atoms with Crippen LogP contribution in [-0.4, -0.2) is 34.8 Å². The highest BCUT2D eigenvalue weighted by atomic mass is 35.5. The van der Waals surface area contributed by atoms with Gasteiger partial charge in [0.25, 0.3) is 6.01 Å². The van der Waals surface area contributed by atoms with Crippen LogP contribution in [0.3, 0.4) is 0 Å². The highest BCUT2D eigenvalue weighted by Gasteiger charge is 2.29. The topological polar surface area (TPSA) is 85.0 Å². The molecule has 0 aliphatic carbocycles. The number of hydrogen-bond donors (Lipinski definition) is 1. The molecule has 0 aliphatic heterocycles. The minimum absolute atomic E-state index is 0.492. The Morgan fingerprint density at radius 1 is 1.03 bits per heavy atom. The molecule has 0 fully saturated rings. The zero-order chi connectivity index (χ0) is 24.8. The molecule has 1 aromatic heterocycles. The Morgan fingerprint density at radius 2 is 1.71 bits per heavy atom. The third-order valence-corrected chi connectivity index (χ3v) is 5.64. The molecule has 4 rings (SSSR count). The van der Waals surface area contributed by atoms with Gasteiger partial charge in [0, 0.05) is 18.1 Å². The predicted octanol–water partition coefficient (Wildman–Crippen LogP) is 6.20. The minimum Gasteiger partial charge on any atom is -0.494 e. The average molecular weight is 495 g/mol. The van der Waals surface area contributed by atoms with Crippen LogP contribution in [0.25, 0.3) is 11.1 Å². The third-order valence-electron chi connectivity index (χ3n) is 5.39. The quantitative estimate of drug-likeness (QED) is 0.248. The van der Waals surface area contributed by atoms with Gasteiger partial charge in [-0.1, -0.05) is 35.9 Å². The van der Waals surface area contributed by atoms with E-state index in [9.17, 15) is 9.90 Å². The highest BCUT2D eigenvalue weighted by Crippen LogP contribution is 2.25. The van der Waals surface area contributed by atoms with Gasteiger partial charge >= 0.3 is 5.97 Å². The fourth-order valence-corrected chi connectivity index (χ4v) is 3.56. The molecule has 7 nitrogen and oxygen atoms in total. The number of carboxylic acids is 1. The van der Waals surface area contributed by atoms with Gasteiger partial charge in [0.2, 0.25) is 0 Å². The molecule has 0 unspecified atom stereocenters. The van der Waals surface area contributed by atoms with Crippen molar-refractivity contribution < 1.29 is 23.8 Å². The number of anilines is 1. The van der Waals surface area contributed by atoms with Gasteiger partial charge in [-0.15, -0.1) is 0 Å². The first-order chi connectivity index (χ1) is 16.8. The van der Waals surface area contributed by atoms with Crippen molar-refractivity contribution in [2.24, 2.45) is 0 Å². The number of aromatic nitrogens is 1. The van der Waals surface area contributed by atoms with E-state index >= 15 is 0 Å². The summed E-state index contributed by atoms with van der Waals surface area (Å²) in [6.07, 6.45) is 0.745. The maximum absolute atomic E-state index is 11.3. The van der Waals surface area contributed by atoms with Crippen LogP contribution in [0.2, 0.25) is 5.02 Å². The number of rotatable bonds is 11. The van der Waals surface area contributed by atoms with Crippen LogP contribution in [-0.2, 0) is 11.3 Å². The molecule has 0 radical (unpaired) electrons. The largest absolute Gasteiger partial charge is 0.494 e. The zero-order valence-electron chi connectivity index (χ0n) is 19.6. The standard InChI is InChI=1S/C27H27ClN2O5/c1-27(2,25(31)32)35-22-12-8-19(9-13-22)18-30(26-29-23-6-3-4-7-24(23)34-26)16-5-17-33-21-14-10-20(28)11-15-21/h3-4,6-15H,5,16-18H2,1-2H3,(H,31,32). The summed E-state index contributed by atoms with van der Waals surface area (Å²) in [7, 11) is 0. The molecule has 0 atom stereocenters. The molecule has 0 saturated carbocycles. The summed E-state index contributed by atoms with van der Waals surface area (Å²) in [6.45, 7) is 4.77. The first-order valence-electron chi connectivity index (χ1n) is 11.3. The molecule has 1 N–H and O–H groups in total. The van der Waals surface area contributed by atoms with E-state index in [0.717, 1.165) is 28.8 Å². The maximum Gasteiger partial charge on any atom is 0.347 e. The summed E-state index contributed by atoms with van der Waals surface area (Å²) in [6, 6.07) is 22.8. The number of carboxylic acid groups (broad SMARTS) is 1. The summed E-state index contributed by atoms with van der Waals surface area (Å²) in [5, 5.41) is 9.95. The van der Waals surface area contributed by atoms with Gasteiger partial charge in [-0.05, 0) is 74.4 Å². The Kier molecular flexibility index (Phi) is 7.46. The second-order valence-corrected chi connectivity index (χ2v) is 9.04. The number of para-hydroxylation sites is 2. The lowest BCUT2D eigenvalue weighted by Gasteiger charge is -2.23. The molecule has 182 valence electrons. The molecule has 0 aliphatic rings. The molecule has 0 spiro atoms. The Hall–Kier alpha value is -3.71. The van der Waals surface area contributed by atoms with Crippen LogP contribution in [0, 0.1) is 0 Å². The minimum atomic E-state index is -1.31. The summed E-state index contributed by atoms with van der Waals surface area (Å²) < 4.78 is 17.5. The smallest absolute Gasteiger partial charge is 0.347 e. The second-order valence-electron chi connectivity index (χ2n) is 8.60. The van der Waals surface area contributed by atoms with Crippen molar-refractivity contribution in [3.05, 3.63) is 83.4 Å². The summed E-state index contributed by atoms with van der Waals surface area (Å²) in [5.74, 6) is 0.234. The fourth-order valence-electron chi connectivity index (χ4n) is 3.44. The van der Waals surface area contributed by atoms with Crippen molar-refractivity contribution in [1.29, 1.82) is 0 Å². The van der Waals surface area contributed by atoms with Gasteiger partial charge in [-0.2, -0.15) is 4.98 Å². The maximum atomic E-state index is 11.3. The normalized spacial score (nSPS) is 11.4. The summed E-state index contributed by atoms with van der Waals surface area (Å²) in [5.41, 5.74) is 1.22. The number of oxazole rings is 1. The van der Waals surface area contributed by atoms with Crippen molar-refractivity contribution in [3.63, 3.8) is 0 Å². The van der Waals surface area contributed by atoms with Crippen molar-refractivity contribution in [1.82, 2.24) is 4.98 Å². The highest BCUT2D eigenvalue weighted by molar-refractivity contribution is 6.30. The van der Waals surface area contributed by atoms with Gasteiger partial charge in [0.05, 0.1) is 6.61 Å². The van der Waals surface area contributed by atoms with E-state index < -0.39 is 11.6 Å². The van der Waals surface area contributed by atoms with Crippen molar-refractivity contribution in [2.45, 2.75) is 32.4 Å². The van der Waals surface area contributed by atoms with E-state index in [-0.39, 0.29) is 0 Å². The van der Waals surface area contributed by atoms with Crippen LogP contribution in [0.5, 0.6) is 11.5 Å². The number of carbonyl (C=O) groups is 1. The van der Waals surface area contributed by atoms with Crippen LogP contribution < -0.4 is 14.4 Å². The van der Waals surface area contributed by atoms with Crippen LogP contribution >= 0.6 is 11.6 Å². The number of hydrogen-bond acceptors (Lipinski definition) is 6. The molecular formula is C27H27ClN2O5. The molecule has 3 aromatic carbocycles. The lowest BCUT2D eigenvalue weighted by Crippen LogP contribution is -2.37. The van der Waals surface area contributed by atoms with E-state index in [1.54, 1.807) is 24.3 Å². The molecule has 0 saturated heterocycles. The molecule has 4 aromatic rings. The summed E-state index contributed by atoms with van der Waals surface area (Å²) >= 11 is 5.93. The van der Waals surface area contributed by atoms with E-state index in [4.69, 9.17) is 25.5 Å². The lowest BCUT2D eigenvalue weighted by atomic mass is 10.1. The number of halogens is 1. The number of aliphatic carboxylic acids is 1. The lowest BCUT2D eigenvalue weighted by molar-refractivity contribution is -0.152. The van der Waals surface area contributed by atoms with Crippen LogP contribution in [0.4, 0.5) is 6.01 Å². The molecule has 35 heavy (non-hydrogen) atoms. The fraction of sp³-hybridized carbons (Fsp3) is 0.259. The SMILES string of the molecule is CC(C)(Oc1ccc(CN(CCCOc2ccc(Cl)cc2)c2nc3ccccc3o2)cc1)C(=O)O. The van der Waals surface area contributed by atoms with Crippen LogP contribution in [0.15, 0.2) is 77.2 Å². The Bertz CT molecular complexity index is 1240. The van der Waals surface area contributed by atoms with Gasteiger partial charge < -0.3 is 23.9 Å². The Balaban J connectivity index is 1.45. The van der Waals surface area contributed by atoms with Crippen molar-refractivity contribution in [3.8, 4) is 11.5 Å². The van der Waals surface area contributed by atoms with Gasteiger partial charge in [-0.3, -0.25) is 0 Å². The summed E-state index contributed by atoms with van der Waals surface area (Å²) in [4.78, 5) is 18.0. The second kappa shape index (κ2) is 10.7. The molecule has 1 heterocycles. The van der Waals surface area contributed by atoms with E-state index in [2.05, 4.69) is 9.88 Å². The monoisotopic (exact) mass is 494 g/mol. The molecule has 0 amide bonds. The van der Waals surface area contributed by atoms with Gasteiger partial charge in [-0.25, -0.2) is 4.79 Å². The first-order valence-corrected chi connectivity index (χ1v) is 11.7. The van der Waals surface area contributed by atoms with Gasteiger partial charge in [0.15, 0.2) is 11.2 Å². The van der Waals surface area contributed by atoms with Gasteiger partial charge in [0.1, 0.15) is 17.0 Å². The van der Waals surface area contributed by atoms with E-state index in [1.165, 1.54) is 13.8 Å². The molecule has 0 bridgehead atoms. The van der Waals surface area contributed by atoms with E-state index in [1.807, 2.05) is 48.5 Å². The number of ether oxygens (including phenoxy) is 2. The Labute approximate surface area is 208 Å². The Morgan fingerprint density at radius 3 is 2.40 bits per heavy atom. The van der Waals surface area contributed by atoms with Crippen molar-refractivity contribution in [2.75, 3.05) is 18.1 Å². The average Bonchev–Trinajstić information content (AvgIpc) is 3.27. The molecular weight excluding hydrogens is 468 g/mol. The predicted molar refractivity (Wildman–Crippen MR) is 135 cm³/mol. The van der Waals surface area contributed by atoms with E-state index in [0.29, 0.717) is 36.5 Å². The third kappa shape index (κ3) is 6.45. The number of nitrogens with zero attached hydrogens (tertiary/aromatic N) is 2. The van der Waals surface area contributed by atoms with Crippen molar-refractivity contribution >= 4 is 34.7 Å².